The average Bonchev–Trinajstić information content (AvgIpc) is 2.45. The third kappa shape index (κ3) is 1.46. The molecule has 3 heteroatoms. The Balaban J connectivity index is 2.09. The Morgan fingerprint density at radius 1 is 1.38 bits per heavy atom. The lowest BCUT2D eigenvalue weighted by Gasteiger charge is -2.25. The van der Waals surface area contributed by atoms with Gasteiger partial charge in [0.15, 0.2) is 6.10 Å². The fourth-order valence-corrected chi connectivity index (χ4v) is 2.72. The van der Waals surface area contributed by atoms with Gasteiger partial charge in [0, 0.05) is 0 Å². The summed E-state index contributed by atoms with van der Waals surface area (Å²) < 4.78 is 5.54. The molecule has 0 spiro atoms. The Hall–Kier alpha value is -0.570. The van der Waals surface area contributed by atoms with Crippen LogP contribution < -0.4 is 0 Å². The summed E-state index contributed by atoms with van der Waals surface area (Å²) in [4.78, 5) is 10.8. The van der Waals surface area contributed by atoms with Gasteiger partial charge in [-0.3, -0.25) is 0 Å². The predicted molar refractivity (Wildman–Crippen MR) is 47.4 cm³/mol. The lowest BCUT2D eigenvalue weighted by Crippen LogP contribution is -2.26. The zero-order valence-corrected chi connectivity index (χ0v) is 7.90. The molecule has 13 heavy (non-hydrogen) atoms. The van der Waals surface area contributed by atoms with Gasteiger partial charge in [-0.1, -0.05) is 19.8 Å². The number of aliphatic carboxylic acids is 1. The minimum absolute atomic E-state index is 0.197. The van der Waals surface area contributed by atoms with Crippen LogP contribution in [0.4, 0.5) is 0 Å². The van der Waals surface area contributed by atoms with E-state index in [0.717, 1.165) is 12.8 Å². The summed E-state index contributed by atoms with van der Waals surface area (Å²) in [6.45, 7) is 2.01. The van der Waals surface area contributed by atoms with Crippen molar-refractivity contribution in [3.05, 3.63) is 0 Å². The summed E-state index contributed by atoms with van der Waals surface area (Å²) >= 11 is 0. The number of rotatable bonds is 1. The molecule has 2 rings (SSSR count). The minimum atomic E-state index is -0.790. The van der Waals surface area contributed by atoms with Crippen LogP contribution in [-0.2, 0) is 9.53 Å². The zero-order chi connectivity index (χ0) is 9.42. The van der Waals surface area contributed by atoms with E-state index >= 15 is 0 Å². The van der Waals surface area contributed by atoms with E-state index in [2.05, 4.69) is 0 Å². The molecular weight excluding hydrogens is 168 g/mol. The molecule has 0 unspecified atom stereocenters. The van der Waals surface area contributed by atoms with Crippen molar-refractivity contribution in [3.63, 3.8) is 0 Å². The van der Waals surface area contributed by atoms with Gasteiger partial charge < -0.3 is 9.84 Å². The molecule has 4 atom stereocenters. The summed E-state index contributed by atoms with van der Waals surface area (Å²) in [5, 5.41) is 8.91. The van der Waals surface area contributed by atoms with Gasteiger partial charge >= 0.3 is 5.97 Å². The highest BCUT2D eigenvalue weighted by Crippen LogP contribution is 2.41. The predicted octanol–water partition coefficient (Wildman–Crippen LogP) is 1.66. The highest BCUT2D eigenvalue weighted by molar-refractivity contribution is 5.73. The van der Waals surface area contributed by atoms with Crippen molar-refractivity contribution in [2.45, 2.75) is 44.8 Å². The summed E-state index contributed by atoms with van der Waals surface area (Å²) in [7, 11) is 0. The van der Waals surface area contributed by atoms with E-state index in [1.54, 1.807) is 0 Å². The van der Waals surface area contributed by atoms with Gasteiger partial charge in [0.1, 0.15) is 0 Å². The second kappa shape index (κ2) is 3.29. The van der Waals surface area contributed by atoms with E-state index < -0.39 is 12.1 Å². The molecule has 1 saturated heterocycles. The molecule has 0 aromatic carbocycles. The van der Waals surface area contributed by atoms with Crippen LogP contribution in [0.5, 0.6) is 0 Å². The van der Waals surface area contributed by atoms with Crippen molar-refractivity contribution in [2.24, 2.45) is 11.8 Å². The highest BCUT2D eigenvalue weighted by atomic mass is 16.5. The van der Waals surface area contributed by atoms with Crippen LogP contribution in [0, 0.1) is 11.8 Å². The lowest BCUT2D eigenvalue weighted by molar-refractivity contribution is -0.151. The van der Waals surface area contributed by atoms with E-state index in [0.29, 0.717) is 5.92 Å². The van der Waals surface area contributed by atoms with E-state index in [-0.39, 0.29) is 12.0 Å². The van der Waals surface area contributed by atoms with E-state index in [1.165, 1.54) is 12.8 Å². The highest BCUT2D eigenvalue weighted by Gasteiger charge is 2.45. The molecule has 0 bridgehead atoms. The first-order valence-corrected chi connectivity index (χ1v) is 5.08. The van der Waals surface area contributed by atoms with E-state index in [4.69, 9.17) is 9.84 Å². The molecule has 0 amide bonds. The van der Waals surface area contributed by atoms with Crippen LogP contribution in [0.1, 0.15) is 32.6 Å². The molecule has 1 N–H and O–H groups in total. The van der Waals surface area contributed by atoms with Crippen LogP contribution in [0.2, 0.25) is 0 Å². The van der Waals surface area contributed by atoms with Crippen molar-refractivity contribution in [1.82, 2.24) is 0 Å². The molecule has 1 saturated carbocycles. The van der Waals surface area contributed by atoms with Crippen molar-refractivity contribution >= 4 is 5.97 Å². The maximum atomic E-state index is 10.8. The standard InChI is InChI=1S/C10H16O3/c1-6-7-4-2-3-5-8(7)13-9(6)10(11)12/h6-9H,2-5H2,1H3,(H,11,12)/t6-,7-,8-,9+/m0/s1. The molecule has 1 heterocycles. The van der Waals surface area contributed by atoms with Crippen LogP contribution in [0.25, 0.3) is 0 Å². The number of ether oxygens (including phenoxy) is 1. The first-order valence-electron chi connectivity index (χ1n) is 5.08. The molecule has 0 radical (unpaired) electrons. The normalized spacial score (nSPS) is 44.4. The van der Waals surface area contributed by atoms with Crippen LogP contribution in [-0.4, -0.2) is 23.3 Å². The zero-order valence-electron chi connectivity index (χ0n) is 7.90. The largest absolute Gasteiger partial charge is 0.479 e. The summed E-state index contributed by atoms with van der Waals surface area (Å²) in [6.07, 6.45) is 4.31. The lowest BCUT2D eigenvalue weighted by atomic mass is 9.79. The van der Waals surface area contributed by atoms with Crippen LogP contribution >= 0.6 is 0 Å². The van der Waals surface area contributed by atoms with Crippen LogP contribution in [0.15, 0.2) is 0 Å². The first kappa shape index (κ1) is 9.00. The monoisotopic (exact) mass is 184 g/mol. The van der Waals surface area contributed by atoms with Crippen LogP contribution in [0.3, 0.4) is 0 Å². The number of carboxylic acids is 1. The number of fused-ring (bicyclic) bond motifs is 1. The smallest absolute Gasteiger partial charge is 0.333 e. The maximum Gasteiger partial charge on any atom is 0.333 e. The van der Waals surface area contributed by atoms with Gasteiger partial charge in [-0.15, -0.1) is 0 Å². The third-order valence-electron chi connectivity index (χ3n) is 3.47. The number of hydrogen-bond acceptors (Lipinski definition) is 2. The third-order valence-corrected chi connectivity index (χ3v) is 3.47. The van der Waals surface area contributed by atoms with Crippen molar-refractivity contribution < 1.29 is 14.6 Å². The molecule has 3 nitrogen and oxygen atoms in total. The topological polar surface area (TPSA) is 46.5 Å². The first-order chi connectivity index (χ1) is 6.20. The second-order valence-electron chi connectivity index (χ2n) is 4.24. The molecule has 2 fully saturated rings. The quantitative estimate of drug-likeness (QED) is 0.674. The SMILES string of the molecule is C[C@H]1[C@@H]2CCCC[C@@H]2O[C@H]1C(=O)O. The van der Waals surface area contributed by atoms with E-state index in [1.807, 2.05) is 6.92 Å². The summed E-state index contributed by atoms with van der Waals surface area (Å²) in [6, 6.07) is 0. The van der Waals surface area contributed by atoms with Gasteiger partial charge in [-0.25, -0.2) is 4.79 Å². The second-order valence-corrected chi connectivity index (χ2v) is 4.24. The Morgan fingerprint density at radius 3 is 2.69 bits per heavy atom. The van der Waals surface area contributed by atoms with Gasteiger partial charge in [0.05, 0.1) is 6.10 Å². The number of carboxylic acid groups (broad SMARTS) is 1. The van der Waals surface area contributed by atoms with Crippen molar-refractivity contribution in [3.8, 4) is 0 Å². The Kier molecular flexibility index (Phi) is 2.28. The van der Waals surface area contributed by atoms with Gasteiger partial charge in [-0.2, -0.15) is 0 Å². The van der Waals surface area contributed by atoms with Gasteiger partial charge in [0.2, 0.25) is 0 Å². The fourth-order valence-electron chi connectivity index (χ4n) is 2.72. The van der Waals surface area contributed by atoms with Gasteiger partial charge in [-0.05, 0) is 24.7 Å². The molecule has 0 aromatic rings. The molecule has 74 valence electrons. The maximum absolute atomic E-state index is 10.8. The van der Waals surface area contributed by atoms with Crippen molar-refractivity contribution in [2.75, 3.05) is 0 Å². The Labute approximate surface area is 78.1 Å². The molecule has 1 aliphatic heterocycles. The molecule has 0 aromatic heterocycles. The van der Waals surface area contributed by atoms with Gasteiger partial charge in [0.25, 0.3) is 0 Å². The van der Waals surface area contributed by atoms with Crippen molar-refractivity contribution in [1.29, 1.82) is 0 Å². The Morgan fingerprint density at radius 2 is 2.08 bits per heavy atom. The minimum Gasteiger partial charge on any atom is -0.479 e. The van der Waals surface area contributed by atoms with E-state index in [9.17, 15) is 4.79 Å². The molecule has 2 aliphatic rings. The summed E-state index contributed by atoms with van der Waals surface area (Å²) in [5.41, 5.74) is 0. The Bertz CT molecular complexity index is 214. The molecule has 1 aliphatic carbocycles. The number of carbonyl (C=O) groups is 1. The molecular formula is C10H16O3. The number of hydrogen-bond donors (Lipinski definition) is 1. The fraction of sp³-hybridized carbons (Fsp3) is 0.900. The average molecular weight is 184 g/mol. The summed E-state index contributed by atoms with van der Waals surface area (Å²) in [5.74, 6) is -0.0976.